The quantitative estimate of drug-likeness (QED) is 0.345. The predicted octanol–water partition coefficient (Wildman–Crippen LogP) is 4.87. The Morgan fingerprint density at radius 1 is 1.35 bits per heavy atom. The first-order valence-corrected chi connectivity index (χ1v) is 9.09. The molecule has 0 unspecified atom stereocenters. The maximum atomic E-state index is 10.8. The molecule has 0 aliphatic carbocycles. The lowest BCUT2D eigenvalue weighted by molar-refractivity contribution is -0.139. The number of halogens is 2. The van der Waals surface area contributed by atoms with Crippen LogP contribution in [-0.4, -0.2) is 24.3 Å². The lowest BCUT2D eigenvalue weighted by Gasteiger charge is -2.14. The molecule has 1 N–H and O–H groups in total. The highest BCUT2D eigenvalue weighted by molar-refractivity contribution is 14.1. The van der Waals surface area contributed by atoms with E-state index in [1.54, 1.807) is 36.4 Å². The van der Waals surface area contributed by atoms with Gasteiger partial charge in [-0.3, -0.25) is 0 Å². The van der Waals surface area contributed by atoms with E-state index in [-0.39, 0.29) is 0 Å². The van der Waals surface area contributed by atoms with Crippen LogP contribution < -0.4 is 9.47 Å². The highest BCUT2D eigenvalue weighted by Crippen LogP contribution is 2.36. The number of carbonyl (C=O) groups is 1. The van der Waals surface area contributed by atoms with Crippen LogP contribution in [0, 0.1) is 14.9 Å². The van der Waals surface area contributed by atoms with Crippen molar-refractivity contribution in [2.45, 2.75) is 6.92 Å². The maximum Gasteiger partial charge on any atom is 0.341 e. The van der Waals surface area contributed by atoms with Crippen LogP contribution in [0.3, 0.4) is 0 Å². The molecule has 0 radical (unpaired) electrons. The number of allylic oxidation sites excluding steroid dienone is 1. The van der Waals surface area contributed by atoms with Crippen molar-refractivity contribution in [2.24, 2.45) is 0 Å². The van der Waals surface area contributed by atoms with Gasteiger partial charge in [0.15, 0.2) is 18.1 Å². The molecule has 0 fully saturated rings. The van der Waals surface area contributed by atoms with Crippen LogP contribution in [0.1, 0.15) is 18.1 Å². The van der Waals surface area contributed by atoms with Gasteiger partial charge in [-0.15, -0.1) is 0 Å². The summed E-state index contributed by atoms with van der Waals surface area (Å²) in [6.45, 7) is 1.75. The number of nitrogens with zero attached hydrogens (tertiary/aromatic N) is 1. The molecule has 0 amide bonds. The fourth-order valence-corrected chi connectivity index (χ4v) is 3.24. The first-order valence-electron chi connectivity index (χ1n) is 7.63. The molecule has 0 saturated heterocycles. The zero-order chi connectivity index (χ0) is 19.1. The van der Waals surface area contributed by atoms with Crippen molar-refractivity contribution in [1.29, 1.82) is 5.26 Å². The Kier molecular flexibility index (Phi) is 7.30. The first-order chi connectivity index (χ1) is 12.5. The molecule has 0 aromatic heterocycles. The summed E-state index contributed by atoms with van der Waals surface area (Å²) in [5.74, 6) is -0.288. The number of carboxylic acid groups (broad SMARTS) is 1. The zero-order valence-electron chi connectivity index (χ0n) is 13.8. The third-order valence-electron chi connectivity index (χ3n) is 3.27. The summed E-state index contributed by atoms with van der Waals surface area (Å²) >= 11 is 8.22. The minimum Gasteiger partial charge on any atom is -0.490 e. The van der Waals surface area contributed by atoms with Gasteiger partial charge in [0.05, 0.1) is 21.8 Å². The molecule has 5 nitrogen and oxygen atoms in total. The summed E-state index contributed by atoms with van der Waals surface area (Å²) in [6.07, 6.45) is 1.70. The lowest BCUT2D eigenvalue weighted by Crippen LogP contribution is -2.11. The van der Waals surface area contributed by atoms with E-state index in [2.05, 4.69) is 6.07 Å². The van der Waals surface area contributed by atoms with Gasteiger partial charge in [0.25, 0.3) is 0 Å². The number of nitriles is 1. The highest BCUT2D eigenvalue weighted by atomic mass is 127. The second-order valence-corrected chi connectivity index (χ2v) is 6.66. The average molecular weight is 484 g/mol. The topological polar surface area (TPSA) is 79.5 Å². The Bertz CT molecular complexity index is 890. The molecule has 0 spiro atoms. The molecule has 2 rings (SSSR count). The van der Waals surface area contributed by atoms with Crippen LogP contribution >= 0.6 is 34.2 Å². The second-order valence-electron chi connectivity index (χ2n) is 5.10. The first kappa shape index (κ1) is 20.1. The third kappa shape index (κ3) is 5.13. The highest BCUT2D eigenvalue weighted by Gasteiger charge is 2.14. The van der Waals surface area contributed by atoms with E-state index < -0.39 is 12.6 Å². The fourth-order valence-electron chi connectivity index (χ4n) is 2.22. The van der Waals surface area contributed by atoms with Gasteiger partial charge in [-0.2, -0.15) is 5.26 Å². The molecule has 0 atom stereocenters. The van der Waals surface area contributed by atoms with Crippen LogP contribution in [0.15, 0.2) is 36.4 Å². The van der Waals surface area contributed by atoms with Crippen molar-refractivity contribution in [3.8, 4) is 17.6 Å². The van der Waals surface area contributed by atoms with Gasteiger partial charge in [0.1, 0.15) is 0 Å². The van der Waals surface area contributed by atoms with Gasteiger partial charge in [0.2, 0.25) is 0 Å². The summed E-state index contributed by atoms with van der Waals surface area (Å²) in [6, 6.07) is 12.8. The Labute approximate surface area is 169 Å². The Morgan fingerprint density at radius 2 is 2.08 bits per heavy atom. The maximum absolute atomic E-state index is 10.8. The molecule has 134 valence electrons. The molecule has 0 aliphatic heterocycles. The molecule has 0 bridgehead atoms. The predicted molar refractivity (Wildman–Crippen MR) is 108 cm³/mol. The summed E-state index contributed by atoms with van der Waals surface area (Å²) in [4.78, 5) is 10.8. The number of aliphatic carboxylic acids is 1. The molecule has 0 heterocycles. The van der Waals surface area contributed by atoms with E-state index in [1.807, 2.05) is 35.6 Å². The zero-order valence-corrected chi connectivity index (χ0v) is 16.7. The monoisotopic (exact) mass is 483 g/mol. The number of rotatable bonds is 7. The van der Waals surface area contributed by atoms with E-state index in [1.165, 1.54) is 0 Å². The Hall–Kier alpha value is -2.24. The standard InChI is InChI=1S/C19H15ClINO4/c1-2-25-17-9-12(8-16(21)19(17)26-11-18(23)24)7-13(10-22)14-5-3-4-6-15(14)20/h3-9H,2,11H2,1H3,(H,23,24). The van der Waals surface area contributed by atoms with Crippen LogP contribution in [0.5, 0.6) is 11.5 Å². The van der Waals surface area contributed by atoms with Crippen molar-refractivity contribution in [2.75, 3.05) is 13.2 Å². The Balaban J connectivity index is 2.48. The normalized spacial score (nSPS) is 10.9. The van der Waals surface area contributed by atoms with Crippen LogP contribution in [0.2, 0.25) is 5.02 Å². The van der Waals surface area contributed by atoms with Gasteiger partial charge in [0, 0.05) is 10.6 Å². The number of carboxylic acids is 1. The van der Waals surface area contributed by atoms with Crippen LogP contribution in [0.4, 0.5) is 0 Å². The summed E-state index contributed by atoms with van der Waals surface area (Å²) in [7, 11) is 0. The SMILES string of the molecule is CCOc1cc(C=C(C#N)c2ccccc2Cl)cc(I)c1OCC(=O)O. The van der Waals surface area contributed by atoms with E-state index in [9.17, 15) is 10.1 Å². The fraction of sp³-hybridized carbons (Fsp3) is 0.158. The van der Waals surface area contributed by atoms with E-state index in [4.69, 9.17) is 26.2 Å². The van der Waals surface area contributed by atoms with Gasteiger partial charge >= 0.3 is 5.97 Å². The summed E-state index contributed by atoms with van der Waals surface area (Å²) < 4.78 is 11.6. The van der Waals surface area contributed by atoms with Crippen LogP contribution in [-0.2, 0) is 4.79 Å². The van der Waals surface area contributed by atoms with Crippen molar-refractivity contribution in [3.63, 3.8) is 0 Å². The number of ether oxygens (including phenoxy) is 2. The van der Waals surface area contributed by atoms with Gasteiger partial charge < -0.3 is 14.6 Å². The van der Waals surface area contributed by atoms with Gasteiger partial charge in [-0.05, 0) is 59.4 Å². The molecule has 2 aromatic rings. The van der Waals surface area contributed by atoms with Crippen molar-refractivity contribution >= 4 is 51.8 Å². The molecule has 0 aliphatic rings. The second kappa shape index (κ2) is 9.46. The molecular formula is C19H15ClINO4. The molecule has 7 heteroatoms. The molecular weight excluding hydrogens is 469 g/mol. The average Bonchev–Trinajstić information content (AvgIpc) is 2.59. The summed E-state index contributed by atoms with van der Waals surface area (Å²) in [5.41, 5.74) is 1.76. The van der Waals surface area contributed by atoms with Crippen molar-refractivity contribution in [3.05, 3.63) is 56.1 Å². The van der Waals surface area contributed by atoms with Crippen molar-refractivity contribution in [1.82, 2.24) is 0 Å². The largest absolute Gasteiger partial charge is 0.490 e. The van der Waals surface area contributed by atoms with Gasteiger partial charge in [-0.25, -0.2) is 4.79 Å². The molecule has 26 heavy (non-hydrogen) atoms. The Morgan fingerprint density at radius 3 is 2.69 bits per heavy atom. The third-order valence-corrected chi connectivity index (χ3v) is 4.40. The minimum atomic E-state index is -1.07. The smallest absolute Gasteiger partial charge is 0.341 e. The molecule has 0 saturated carbocycles. The number of hydrogen-bond donors (Lipinski definition) is 1. The van der Waals surface area contributed by atoms with Gasteiger partial charge in [-0.1, -0.05) is 29.8 Å². The van der Waals surface area contributed by atoms with E-state index in [0.717, 1.165) is 5.56 Å². The minimum absolute atomic E-state index is 0.364. The number of hydrogen-bond acceptors (Lipinski definition) is 4. The van der Waals surface area contributed by atoms with E-state index >= 15 is 0 Å². The summed E-state index contributed by atoms with van der Waals surface area (Å²) in [5, 5.41) is 18.8. The lowest BCUT2D eigenvalue weighted by atomic mass is 10.0. The molecule has 2 aromatic carbocycles. The number of benzene rings is 2. The van der Waals surface area contributed by atoms with Crippen LogP contribution in [0.25, 0.3) is 11.6 Å². The van der Waals surface area contributed by atoms with Crippen molar-refractivity contribution < 1.29 is 19.4 Å². The van der Waals surface area contributed by atoms with E-state index in [0.29, 0.717) is 37.8 Å².